The molecule has 0 aliphatic carbocycles. The summed E-state index contributed by atoms with van der Waals surface area (Å²) >= 11 is 0. The van der Waals surface area contributed by atoms with Gasteiger partial charge in [-0.15, -0.1) is 0 Å². The van der Waals surface area contributed by atoms with E-state index in [0.717, 1.165) is 0 Å². The summed E-state index contributed by atoms with van der Waals surface area (Å²) in [7, 11) is 0. The molecule has 2 aliphatic rings. The molecule has 1 N–H and O–H groups in total. The van der Waals surface area contributed by atoms with E-state index in [0.29, 0.717) is 30.7 Å². The van der Waals surface area contributed by atoms with Crippen molar-refractivity contribution in [3.05, 3.63) is 27.8 Å². The Bertz CT molecular complexity index is 745. The Balaban J connectivity index is 2.16. The molecule has 1 amide bonds. The van der Waals surface area contributed by atoms with Crippen LogP contribution in [-0.4, -0.2) is 45.2 Å². The minimum Gasteiger partial charge on any atom is -0.485 e. The summed E-state index contributed by atoms with van der Waals surface area (Å²) < 4.78 is 11.5. The van der Waals surface area contributed by atoms with E-state index in [1.54, 1.807) is 32.6 Å². The quantitative estimate of drug-likeness (QED) is 0.651. The standard InChI is InChI=1S/C18H24N2O6/c1-10(2)25-14-9-13-11(8-12(14)20(23)24)16(17(22)18(3,4)26-13)19-7-5-6-15(19)21/h8-10,16-17,22H,5-7H2,1-4H3/t16-,17+/m0/s1. The summed E-state index contributed by atoms with van der Waals surface area (Å²) in [5, 5.41) is 22.4. The van der Waals surface area contributed by atoms with Gasteiger partial charge in [0.15, 0.2) is 0 Å². The summed E-state index contributed by atoms with van der Waals surface area (Å²) in [5.74, 6) is 0.441. The van der Waals surface area contributed by atoms with Gasteiger partial charge < -0.3 is 19.5 Å². The third-order valence-corrected chi connectivity index (χ3v) is 4.80. The van der Waals surface area contributed by atoms with Crippen LogP contribution in [0.15, 0.2) is 12.1 Å². The van der Waals surface area contributed by atoms with Crippen molar-refractivity contribution in [2.45, 2.75) is 64.4 Å². The first kappa shape index (κ1) is 18.4. The second-order valence-electron chi connectivity index (χ2n) is 7.57. The number of nitrogens with zero attached hydrogens (tertiary/aromatic N) is 2. The maximum absolute atomic E-state index is 12.3. The lowest BCUT2D eigenvalue weighted by Gasteiger charge is -2.45. The predicted octanol–water partition coefficient (Wildman–Crippen LogP) is 2.58. The van der Waals surface area contributed by atoms with Crippen LogP contribution in [0.5, 0.6) is 11.5 Å². The number of carbonyl (C=O) groups is 1. The van der Waals surface area contributed by atoms with Crippen LogP contribution in [0.25, 0.3) is 0 Å². The van der Waals surface area contributed by atoms with E-state index in [-0.39, 0.29) is 23.4 Å². The highest BCUT2D eigenvalue weighted by molar-refractivity contribution is 5.79. The molecule has 8 heteroatoms. The Morgan fingerprint density at radius 3 is 2.65 bits per heavy atom. The van der Waals surface area contributed by atoms with Crippen LogP contribution in [-0.2, 0) is 4.79 Å². The van der Waals surface area contributed by atoms with Crippen LogP contribution >= 0.6 is 0 Å². The summed E-state index contributed by atoms with van der Waals surface area (Å²) in [5.41, 5.74) is -0.717. The Kier molecular flexibility index (Phi) is 4.56. The number of aliphatic hydroxyl groups excluding tert-OH is 1. The van der Waals surface area contributed by atoms with Gasteiger partial charge >= 0.3 is 5.69 Å². The number of rotatable bonds is 4. The van der Waals surface area contributed by atoms with Gasteiger partial charge in [-0.25, -0.2) is 0 Å². The van der Waals surface area contributed by atoms with Crippen LogP contribution < -0.4 is 9.47 Å². The minimum absolute atomic E-state index is 0.0668. The molecule has 0 radical (unpaired) electrons. The Morgan fingerprint density at radius 1 is 1.42 bits per heavy atom. The van der Waals surface area contributed by atoms with Crippen LogP contribution in [0.4, 0.5) is 5.69 Å². The fourth-order valence-electron chi connectivity index (χ4n) is 3.57. The molecule has 142 valence electrons. The maximum Gasteiger partial charge on any atom is 0.311 e. The van der Waals surface area contributed by atoms with Gasteiger partial charge in [0.05, 0.1) is 17.1 Å². The molecule has 2 heterocycles. The normalized spacial score (nSPS) is 24.4. The second kappa shape index (κ2) is 6.42. The van der Waals surface area contributed by atoms with Crippen molar-refractivity contribution in [2.24, 2.45) is 0 Å². The first-order valence-electron chi connectivity index (χ1n) is 8.77. The van der Waals surface area contributed by atoms with E-state index in [9.17, 15) is 20.0 Å². The average Bonchev–Trinajstić information content (AvgIpc) is 2.93. The second-order valence-corrected chi connectivity index (χ2v) is 7.57. The number of fused-ring (bicyclic) bond motifs is 1. The third kappa shape index (κ3) is 3.09. The molecule has 1 fully saturated rings. The maximum atomic E-state index is 12.3. The van der Waals surface area contributed by atoms with E-state index in [4.69, 9.17) is 9.47 Å². The van der Waals surface area contributed by atoms with Gasteiger partial charge in [-0.1, -0.05) is 0 Å². The van der Waals surface area contributed by atoms with E-state index in [1.807, 2.05) is 0 Å². The molecule has 0 spiro atoms. The van der Waals surface area contributed by atoms with Gasteiger partial charge in [0.25, 0.3) is 0 Å². The summed E-state index contributed by atoms with van der Waals surface area (Å²) in [6.07, 6.45) is -0.135. The predicted molar refractivity (Wildman–Crippen MR) is 93.3 cm³/mol. The molecule has 1 aromatic rings. The minimum atomic E-state index is -1.01. The molecule has 3 rings (SSSR count). The van der Waals surface area contributed by atoms with Gasteiger partial charge in [0.1, 0.15) is 17.5 Å². The third-order valence-electron chi connectivity index (χ3n) is 4.80. The van der Waals surface area contributed by atoms with Crippen LogP contribution in [0, 0.1) is 10.1 Å². The Hall–Kier alpha value is -2.35. The summed E-state index contributed by atoms with van der Waals surface area (Å²) in [6.45, 7) is 7.54. The van der Waals surface area contributed by atoms with Crippen LogP contribution in [0.2, 0.25) is 0 Å². The highest BCUT2D eigenvalue weighted by Gasteiger charge is 2.48. The monoisotopic (exact) mass is 364 g/mol. The number of nitro groups is 1. The number of carbonyl (C=O) groups excluding carboxylic acids is 1. The number of likely N-dealkylation sites (tertiary alicyclic amines) is 1. The first-order valence-corrected chi connectivity index (χ1v) is 8.77. The fourth-order valence-corrected chi connectivity index (χ4v) is 3.57. The van der Waals surface area contributed by atoms with Crippen LogP contribution in [0.3, 0.4) is 0 Å². The van der Waals surface area contributed by atoms with E-state index < -0.39 is 22.7 Å². The van der Waals surface area contributed by atoms with E-state index in [2.05, 4.69) is 0 Å². The Morgan fingerprint density at radius 2 is 2.12 bits per heavy atom. The molecule has 0 saturated carbocycles. The van der Waals surface area contributed by atoms with Crippen molar-refractivity contribution in [1.29, 1.82) is 0 Å². The number of ether oxygens (including phenoxy) is 2. The molecule has 0 bridgehead atoms. The highest BCUT2D eigenvalue weighted by atomic mass is 16.6. The van der Waals surface area contributed by atoms with Crippen molar-refractivity contribution >= 4 is 11.6 Å². The number of hydrogen-bond donors (Lipinski definition) is 1. The zero-order valence-electron chi connectivity index (χ0n) is 15.4. The van der Waals surface area contributed by atoms with E-state index in [1.165, 1.54) is 12.1 Å². The van der Waals surface area contributed by atoms with Crippen molar-refractivity contribution in [3.63, 3.8) is 0 Å². The molecular weight excluding hydrogens is 340 g/mol. The zero-order chi connectivity index (χ0) is 19.2. The van der Waals surface area contributed by atoms with Crippen LogP contribution in [0.1, 0.15) is 52.1 Å². The smallest absolute Gasteiger partial charge is 0.311 e. The first-order chi connectivity index (χ1) is 12.1. The molecule has 26 heavy (non-hydrogen) atoms. The van der Waals surface area contributed by atoms with Crippen molar-refractivity contribution in [2.75, 3.05) is 6.54 Å². The fraction of sp³-hybridized carbons (Fsp3) is 0.611. The highest BCUT2D eigenvalue weighted by Crippen LogP contribution is 2.48. The van der Waals surface area contributed by atoms with Gasteiger partial charge in [-0.3, -0.25) is 14.9 Å². The molecule has 2 atom stereocenters. The number of benzene rings is 1. The lowest BCUT2D eigenvalue weighted by atomic mass is 9.85. The van der Waals surface area contributed by atoms with Gasteiger partial charge in [0, 0.05) is 30.7 Å². The van der Waals surface area contributed by atoms with Crippen molar-refractivity contribution in [1.82, 2.24) is 4.90 Å². The van der Waals surface area contributed by atoms with Crippen molar-refractivity contribution < 1.29 is 24.3 Å². The molecule has 0 aromatic heterocycles. The Labute approximate surface area is 151 Å². The van der Waals surface area contributed by atoms with Gasteiger partial charge in [-0.05, 0) is 34.1 Å². The van der Waals surface area contributed by atoms with Gasteiger partial charge in [-0.2, -0.15) is 0 Å². The molecule has 2 aliphatic heterocycles. The molecule has 1 saturated heterocycles. The zero-order valence-corrected chi connectivity index (χ0v) is 15.4. The number of hydrogen-bond acceptors (Lipinski definition) is 6. The number of amides is 1. The van der Waals surface area contributed by atoms with Crippen molar-refractivity contribution in [3.8, 4) is 11.5 Å². The number of aliphatic hydroxyl groups is 1. The molecule has 1 aromatic carbocycles. The van der Waals surface area contributed by atoms with E-state index >= 15 is 0 Å². The molecular formula is C18H24N2O6. The average molecular weight is 364 g/mol. The largest absolute Gasteiger partial charge is 0.485 e. The summed E-state index contributed by atoms with van der Waals surface area (Å²) in [6, 6.07) is 2.17. The summed E-state index contributed by atoms with van der Waals surface area (Å²) in [4.78, 5) is 24.9. The van der Waals surface area contributed by atoms with Gasteiger partial charge in [0.2, 0.25) is 11.7 Å². The topological polar surface area (TPSA) is 102 Å². The molecule has 0 unspecified atom stereocenters. The SMILES string of the molecule is CC(C)Oc1cc2c(cc1[N+](=O)[O-])[C@H](N1CCCC1=O)[C@@H](O)C(C)(C)O2. The lowest BCUT2D eigenvalue weighted by molar-refractivity contribution is -0.386. The lowest BCUT2D eigenvalue weighted by Crippen LogP contribution is -2.53. The number of nitro benzene ring substituents is 1. The molecule has 8 nitrogen and oxygen atoms in total.